The molecule has 2 rings (SSSR count). The number of nitrogens with zero attached hydrogens (tertiary/aromatic N) is 1. The molecule has 0 radical (unpaired) electrons. The Balaban J connectivity index is 2.09. The molecule has 0 atom stereocenters. The molecule has 0 aliphatic heterocycles. The van der Waals surface area contributed by atoms with Gasteiger partial charge in [-0.3, -0.25) is 0 Å². The summed E-state index contributed by atoms with van der Waals surface area (Å²) in [7, 11) is 0. The van der Waals surface area contributed by atoms with E-state index < -0.39 is 0 Å². The third-order valence-corrected chi connectivity index (χ3v) is 4.12. The van der Waals surface area contributed by atoms with E-state index in [1.54, 1.807) is 6.20 Å². The van der Waals surface area contributed by atoms with E-state index in [1.807, 2.05) is 12.1 Å². The summed E-state index contributed by atoms with van der Waals surface area (Å²) < 4.78 is 0. The first-order valence-corrected chi connectivity index (χ1v) is 5.34. The molecule has 0 saturated heterocycles. The highest BCUT2D eigenvalue weighted by molar-refractivity contribution is 5.49. The molecule has 1 aliphatic carbocycles. The van der Waals surface area contributed by atoms with Gasteiger partial charge in [-0.05, 0) is 23.0 Å². The lowest BCUT2D eigenvalue weighted by atomic mass is 10.0. The fraction of sp³-hybridized carbons (Fsp3) is 0.583. The zero-order valence-corrected chi connectivity index (χ0v) is 9.83. The summed E-state index contributed by atoms with van der Waals surface area (Å²) in [5.41, 5.74) is 7.27. The van der Waals surface area contributed by atoms with Gasteiger partial charge in [0.05, 0.1) is 11.9 Å². The monoisotopic (exact) mass is 205 g/mol. The van der Waals surface area contributed by atoms with E-state index >= 15 is 0 Å². The fourth-order valence-electron chi connectivity index (χ4n) is 2.21. The van der Waals surface area contributed by atoms with Crippen molar-refractivity contribution in [1.82, 2.24) is 4.98 Å². The zero-order valence-electron chi connectivity index (χ0n) is 9.83. The molecular weight excluding hydrogens is 186 g/mol. The van der Waals surface area contributed by atoms with E-state index in [0.29, 0.717) is 22.7 Å². The molecule has 1 aromatic rings. The Bertz CT molecular complexity index is 351. The topological polar surface area (TPSA) is 50.9 Å². The third-order valence-electron chi connectivity index (χ3n) is 4.12. The van der Waals surface area contributed by atoms with Crippen LogP contribution in [0.1, 0.15) is 27.7 Å². The predicted octanol–water partition coefficient (Wildman–Crippen LogP) is 2.51. The summed E-state index contributed by atoms with van der Waals surface area (Å²) in [6.07, 6.45) is 1.79. The zero-order chi connectivity index (χ0) is 11.3. The molecule has 0 spiro atoms. The number of nitrogens with one attached hydrogen (secondary N) is 1. The van der Waals surface area contributed by atoms with Crippen molar-refractivity contribution in [1.29, 1.82) is 0 Å². The molecule has 0 unspecified atom stereocenters. The molecule has 3 heteroatoms. The minimum absolute atomic E-state index is 0.342. The van der Waals surface area contributed by atoms with Gasteiger partial charge in [0.2, 0.25) is 0 Å². The first-order valence-electron chi connectivity index (χ1n) is 5.34. The Labute approximate surface area is 91.1 Å². The number of hydrogen-bond donors (Lipinski definition) is 2. The van der Waals surface area contributed by atoms with Crippen molar-refractivity contribution in [2.45, 2.75) is 33.7 Å². The lowest BCUT2D eigenvalue weighted by molar-refractivity contribution is 0.457. The molecule has 1 fully saturated rings. The van der Waals surface area contributed by atoms with Crippen LogP contribution in [-0.2, 0) is 0 Å². The number of anilines is 2. The highest BCUT2D eigenvalue weighted by Gasteiger charge is 2.64. The summed E-state index contributed by atoms with van der Waals surface area (Å²) in [5.74, 6) is 0.565. The molecule has 0 bridgehead atoms. The molecule has 3 nitrogen and oxygen atoms in total. The predicted molar refractivity (Wildman–Crippen MR) is 63.6 cm³/mol. The van der Waals surface area contributed by atoms with Gasteiger partial charge in [-0.25, -0.2) is 4.98 Å². The Hall–Kier alpha value is -1.25. The second-order valence-electron chi connectivity index (χ2n) is 5.49. The molecule has 1 heterocycles. The van der Waals surface area contributed by atoms with Crippen LogP contribution in [0, 0.1) is 10.8 Å². The van der Waals surface area contributed by atoms with Crippen molar-refractivity contribution in [3.8, 4) is 0 Å². The average Bonchev–Trinajstić information content (AvgIpc) is 2.52. The third kappa shape index (κ3) is 1.46. The van der Waals surface area contributed by atoms with E-state index in [9.17, 15) is 0 Å². The van der Waals surface area contributed by atoms with Crippen LogP contribution in [0.25, 0.3) is 0 Å². The maximum Gasteiger partial charge on any atom is 0.123 e. The summed E-state index contributed by atoms with van der Waals surface area (Å²) >= 11 is 0. The molecule has 0 amide bonds. The van der Waals surface area contributed by atoms with Gasteiger partial charge in [0, 0.05) is 6.04 Å². The lowest BCUT2D eigenvalue weighted by Crippen LogP contribution is -2.10. The Kier molecular flexibility index (Phi) is 1.97. The van der Waals surface area contributed by atoms with Crippen LogP contribution in [0.3, 0.4) is 0 Å². The van der Waals surface area contributed by atoms with E-state index in [-0.39, 0.29) is 0 Å². The standard InChI is InChI=1S/C12H19N3/c1-11(2)10(12(11,3)4)15-8-5-6-9(13)14-7-8/h5-7,10,15H,1-4H3,(H2,13,14). The van der Waals surface area contributed by atoms with E-state index in [4.69, 9.17) is 5.73 Å². The molecule has 1 aliphatic rings. The second-order valence-corrected chi connectivity index (χ2v) is 5.49. The van der Waals surface area contributed by atoms with Crippen molar-refractivity contribution in [3.05, 3.63) is 18.3 Å². The Morgan fingerprint density at radius 1 is 1.20 bits per heavy atom. The van der Waals surface area contributed by atoms with Gasteiger partial charge in [0.25, 0.3) is 0 Å². The van der Waals surface area contributed by atoms with Gasteiger partial charge in [-0.15, -0.1) is 0 Å². The van der Waals surface area contributed by atoms with Crippen molar-refractivity contribution < 1.29 is 0 Å². The number of rotatable bonds is 2. The van der Waals surface area contributed by atoms with E-state index in [0.717, 1.165) is 5.69 Å². The van der Waals surface area contributed by atoms with Gasteiger partial charge in [-0.2, -0.15) is 0 Å². The molecule has 1 saturated carbocycles. The van der Waals surface area contributed by atoms with Crippen molar-refractivity contribution in [3.63, 3.8) is 0 Å². The van der Waals surface area contributed by atoms with Gasteiger partial charge < -0.3 is 11.1 Å². The van der Waals surface area contributed by atoms with Crippen LogP contribution in [0.15, 0.2) is 18.3 Å². The first-order chi connectivity index (χ1) is 6.85. The largest absolute Gasteiger partial charge is 0.384 e. The highest BCUT2D eigenvalue weighted by atomic mass is 15.1. The maximum atomic E-state index is 5.54. The molecule has 15 heavy (non-hydrogen) atoms. The summed E-state index contributed by atoms with van der Waals surface area (Å²) in [4.78, 5) is 4.07. The number of hydrogen-bond acceptors (Lipinski definition) is 3. The number of aromatic nitrogens is 1. The second kappa shape index (κ2) is 2.87. The smallest absolute Gasteiger partial charge is 0.123 e. The van der Waals surface area contributed by atoms with Crippen molar-refractivity contribution in [2.75, 3.05) is 11.1 Å². The maximum absolute atomic E-state index is 5.54. The van der Waals surface area contributed by atoms with E-state index in [1.165, 1.54) is 0 Å². The molecule has 1 aromatic heterocycles. The van der Waals surface area contributed by atoms with Gasteiger partial charge in [0.1, 0.15) is 5.82 Å². The summed E-state index contributed by atoms with van der Waals surface area (Å²) in [5, 5.41) is 3.51. The Morgan fingerprint density at radius 3 is 2.20 bits per heavy atom. The van der Waals surface area contributed by atoms with Crippen LogP contribution in [-0.4, -0.2) is 11.0 Å². The minimum atomic E-state index is 0.342. The Morgan fingerprint density at radius 2 is 1.80 bits per heavy atom. The van der Waals surface area contributed by atoms with Crippen molar-refractivity contribution in [2.24, 2.45) is 10.8 Å². The first kappa shape index (κ1) is 10.3. The molecule has 3 N–H and O–H groups in total. The van der Waals surface area contributed by atoms with Gasteiger partial charge in [0.15, 0.2) is 0 Å². The number of nitrogens with two attached hydrogens (primary N) is 1. The quantitative estimate of drug-likeness (QED) is 0.780. The van der Waals surface area contributed by atoms with Crippen LogP contribution in [0.2, 0.25) is 0 Å². The van der Waals surface area contributed by atoms with Crippen LogP contribution in [0.4, 0.5) is 11.5 Å². The van der Waals surface area contributed by atoms with Gasteiger partial charge >= 0.3 is 0 Å². The van der Waals surface area contributed by atoms with Crippen LogP contribution in [0.5, 0.6) is 0 Å². The molecular formula is C12H19N3. The summed E-state index contributed by atoms with van der Waals surface area (Å²) in [6, 6.07) is 4.31. The number of nitrogen functional groups attached to an aromatic ring is 1. The van der Waals surface area contributed by atoms with E-state index in [2.05, 4.69) is 38.0 Å². The van der Waals surface area contributed by atoms with Crippen molar-refractivity contribution >= 4 is 11.5 Å². The van der Waals surface area contributed by atoms with Crippen LogP contribution < -0.4 is 11.1 Å². The number of pyridine rings is 1. The lowest BCUT2D eigenvalue weighted by Gasteiger charge is -2.07. The SMILES string of the molecule is CC1(C)C(Nc2ccc(N)nc2)C1(C)C. The molecule has 0 aromatic carbocycles. The summed E-state index contributed by atoms with van der Waals surface area (Å²) in [6.45, 7) is 9.15. The average molecular weight is 205 g/mol. The minimum Gasteiger partial charge on any atom is -0.384 e. The molecule has 82 valence electrons. The van der Waals surface area contributed by atoms with Crippen LogP contribution >= 0.6 is 0 Å². The highest BCUT2D eigenvalue weighted by Crippen LogP contribution is 2.63. The fourth-order valence-corrected chi connectivity index (χ4v) is 2.21. The normalized spacial score (nSPS) is 22.4. The van der Waals surface area contributed by atoms with Gasteiger partial charge in [-0.1, -0.05) is 27.7 Å².